The van der Waals surface area contributed by atoms with E-state index in [9.17, 15) is 9.59 Å². The van der Waals surface area contributed by atoms with Gasteiger partial charge in [-0.3, -0.25) is 9.59 Å². The van der Waals surface area contributed by atoms with Crippen LogP contribution in [0.2, 0.25) is 0 Å². The molecule has 0 spiro atoms. The van der Waals surface area contributed by atoms with E-state index in [0.717, 1.165) is 32.5 Å². The maximum atomic E-state index is 11.9. The normalized spacial score (nSPS) is 26.1. The number of halogens is 1. The number of hydrogen-bond acceptors (Lipinski definition) is 3. The maximum absolute atomic E-state index is 11.9. The quantitative estimate of drug-likeness (QED) is 0.682. The van der Waals surface area contributed by atoms with E-state index in [1.807, 2.05) is 0 Å². The molecular formula is C12H22ClN3O2. The third-order valence-corrected chi connectivity index (χ3v) is 3.85. The summed E-state index contributed by atoms with van der Waals surface area (Å²) in [6.07, 6.45) is 2.52. The van der Waals surface area contributed by atoms with E-state index in [2.05, 4.69) is 22.9 Å². The summed E-state index contributed by atoms with van der Waals surface area (Å²) >= 11 is 0. The summed E-state index contributed by atoms with van der Waals surface area (Å²) in [5.74, 6) is -0.172. The van der Waals surface area contributed by atoms with Crippen molar-refractivity contribution in [1.82, 2.24) is 16.0 Å². The molecule has 2 amide bonds. The minimum atomic E-state index is -0.173. The Morgan fingerprint density at radius 2 is 2.11 bits per heavy atom. The first kappa shape index (κ1) is 15.2. The highest BCUT2D eigenvalue weighted by atomic mass is 35.5. The van der Waals surface area contributed by atoms with Crippen molar-refractivity contribution in [1.29, 1.82) is 0 Å². The van der Waals surface area contributed by atoms with Crippen LogP contribution >= 0.6 is 12.4 Å². The van der Waals surface area contributed by atoms with Crippen LogP contribution < -0.4 is 16.0 Å². The molecule has 2 saturated heterocycles. The molecular weight excluding hydrogens is 254 g/mol. The van der Waals surface area contributed by atoms with E-state index in [0.29, 0.717) is 13.0 Å². The van der Waals surface area contributed by atoms with Crippen LogP contribution in [0.5, 0.6) is 0 Å². The van der Waals surface area contributed by atoms with Gasteiger partial charge in [-0.25, -0.2) is 0 Å². The lowest BCUT2D eigenvalue weighted by Gasteiger charge is -2.34. The molecule has 1 unspecified atom stereocenters. The molecule has 1 atom stereocenters. The van der Waals surface area contributed by atoms with Gasteiger partial charge in [-0.1, -0.05) is 6.92 Å². The van der Waals surface area contributed by atoms with Crippen molar-refractivity contribution in [3.05, 3.63) is 0 Å². The van der Waals surface area contributed by atoms with Gasteiger partial charge in [-0.2, -0.15) is 0 Å². The highest BCUT2D eigenvalue weighted by molar-refractivity contribution is 5.89. The molecule has 18 heavy (non-hydrogen) atoms. The minimum absolute atomic E-state index is 0. The van der Waals surface area contributed by atoms with E-state index in [1.54, 1.807) is 0 Å². The Bertz CT molecular complexity index is 316. The Hall–Kier alpha value is -0.810. The largest absolute Gasteiger partial charge is 0.355 e. The fourth-order valence-corrected chi connectivity index (χ4v) is 2.44. The zero-order valence-corrected chi connectivity index (χ0v) is 11.6. The monoisotopic (exact) mass is 275 g/mol. The molecule has 0 saturated carbocycles. The zero-order chi connectivity index (χ0) is 12.3. The third kappa shape index (κ3) is 3.85. The number of carbonyl (C=O) groups excluding carboxylic acids is 2. The van der Waals surface area contributed by atoms with Gasteiger partial charge in [0.25, 0.3) is 0 Å². The summed E-state index contributed by atoms with van der Waals surface area (Å²) in [6.45, 7) is 5.47. The van der Waals surface area contributed by atoms with Crippen molar-refractivity contribution >= 4 is 24.2 Å². The Kier molecular flexibility index (Phi) is 5.41. The summed E-state index contributed by atoms with van der Waals surface area (Å²) in [5, 5.41) is 9.01. The van der Waals surface area contributed by atoms with Gasteiger partial charge in [0.15, 0.2) is 0 Å². The Balaban J connectivity index is 0.00000162. The van der Waals surface area contributed by atoms with Gasteiger partial charge in [0, 0.05) is 19.5 Å². The molecule has 0 aromatic carbocycles. The molecule has 5 nitrogen and oxygen atoms in total. The first-order valence-corrected chi connectivity index (χ1v) is 6.34. The molecule has 0 aromatic heterocycles. The van der Waals surface area contributed by atoms with Crippen LogP contribution in [0.4, 0.5) is 0 Å². The van der Waals surface area contributed by atoms with E-state index >= 15 is 0 Å². The van der Waals surface area contributed by atoms with Gasteiger partial charge in [0.2, 0.25) is 11.8 Å². The average molecular weight is 276 g/mol. The SMILES string of the molecule is CC1(CNC(=O)C2CNC(=O)C2)CCNCC1.Cl. The first-order valence-electron chi connectivity index (χ1n) is 6.34. The summed E-state index contributed by atoms with van der Waals surface area (Å²) in [4.78, 5) is 22.9. The molecule has 0 aromatic rings. The Morgan fingerprint density at radius 3 is 2.67 bits per heavy atom. The fourth-order valence-electron chi connectivity index (χ4n) is 2.44. The molecule has 2 fully saturated rings. The predicted octanol–water partition coefficient (Wildman–Crippen LogP) is 0.0502. The Labute approximate surface area is 114 Å². The van der Waals surface area contributed by atoms with Gasteiger partial charge in [0.1, 0.15) is 0 Å². The fraction of sp³-hybridized carbons (Fsp3) is 0.833. The van der Waals surface area contributed by atoms with Crippen LogP contribution in [-0.2, 0) is 9.59 Å². The molecule has 0 radical (unpaired) electrons. The number of nitrogens with one attached hydrogen (secondary N) is 3. The molecule has 0 aliphatic carbocycles. The lowest BCUT2D eigenvalue weighted by molar-refractivity contribution is -0.126. The molecule has 2 aliphatic rings. The van der Waals surface area contributed by atoms with Crippen LogP contribution in [0.3, 0.4) is 0 Å². The summed E-state index contributed by atoms with van der Waals surface area (Å²) in [7, 11) is 0. The van der Waals surface area contributed by atoms with E-state index in [-0.39, 0.29) is 35.6 Å². The van der Waals surface area contributed by atoms with Crippen molar-refractivity contribution < 1.29 is 9.59 Å². The van der Waals surface area contributed by atoms with Gasteiger partial charge in [-0.05, 0) is 31.3 Å². The van der Waals surface area contributed by atoms with Crippen molar-refractivity contribution in [2.24, 2.45) is 11.3 Å². The lowest BCUT2D eigenvalue weighted by Crippen LogP contribution is -2.44. The van der Waals surface area contributed by atoms with Gasteiger partial charge >= 0.3 is 0 Å². The average Bonchev–Trinajstić information content (AvgIpc) is 2.74. The van der Waals surface area contributed by atoms with Crippen molar-refractivity contribution in [2.75, 3.05) is 26.2 Å². The number of amides is 2. The highest BCUT2D eigenvalue weighted by Crippen LogP contribution is 2.26. The summed E-state index contributed by atoms with van der Waals surface area (Å²) in [5.41, 5.74) is 0.205. The number of carbonyl (C=O) groups is 2. The zero-order valence-electron chi connectivity index (χ0n) is 10.8. The molecule has 2 heterocycles. The predicted molar refractivity (Wildman–Crippen MR) is 71.6 cm³/mol. The molecule has 6 heteroatoms. The van der Waals surface area contributed by atoms with E-state index in [1.165, 1.54) is 0 Å². The first-order chi connectivity index (χ1) is 8.09. The van der Waals surface area contributed by atoms with Crippen molar-refractivity contribution in [3.63, 3.8) is 0 Å². The lowest BCUT2D eigenvalue weighted by atomic mass is 9.81. The molecule has 3 N–H and O–H groups in total. The second-order valence-corrected chi connectivity index (χ2v) is 5.48. The molecule has 0 bridgehead atoms. The molecule has 2 rings (SSSR count). The van der Waals surface area contributed by atoms with Crippen LogP contribution in [0.1, 0.15) is 26.2 Å². The standard InChI is InChI=1S/C12H21N3O2.ClH/c1-12(2-4-13-5-3-12)8-15-11(17)9-6-10(16)14-7-9;/h9,13H,2-8H2,1H3,(H,14,16)(H,15,17);1H. The van der Waals surface area contributed by atoms with Gasteiger partial charge < -0.3 is 16.0 Å². The summed E-state index contributed by atoms with van der Waals surface area (Å²) in [6, 6.07) is 0. The van der Waals surface area contributed by atoms with Crippen molar-refractivity contribution in [2.45, 2.75) is 26.2 Å². The third-order valence-electron chi connectivity index (χ3n) is 3.85. The second-order valence-electron chi connectivity index (χ2n) is 5.48. The van der Waals surface area contributed by atoms with E-state index < -0.39 is 0 Å². The Morgan fingerprint density at radius 1 is 1.44 bits per heavy atom. The van der Waals surface area contributed by atoms with Crippen molar-refractivity contribution in [3.8, 4) is 0 Å². The number of rotatable bonds is 3. The number of piperidine rings is 1. The number of hydrogen-bond donors (Lipinski definition) is 3. The maximum Gasteiger partial charge on any atom is 0.225 e. The molecule has 2 aliphatic heterocycles. The summed E-state index contributed by atoms with van der Waals surface area (Å²) < 4.78 is 0. The second kappa shape index (κ2) is 6.38. The topological polar surface area (TPSA) is 70.2 Å². The smallest absolute Gasteiger partial charge is 0.225 e. The van der Waals surface area contributed by atoms with Crippen LogP contribution in [0.25, 0.3) is 0 Å². The van der Waals surface area contributed by atoms with Crippen LogP contribution in [-0.4, -0.2) is 38.0 Å². The molecule has 104 valence electrons. The highest BCUT2D eigenvalue weighted by Gasteiger charge is 2.31. The van der Waals surface area contributed by atoms with Gasteiger partial charge in [-0.15, -0.1) is 12.4 Å². The van der Waals surface area contributed by atoms with Gasteiger partial charge in [0.05, 0.1) is 5.92 Å². The van der Waals surface area contributed by atoms with Crippen LogP contribution in [0.15, 0.2) is 0 Å². The minimum Gasteiger partial charge on any atom is -0.355 e. The van der Waals surface area contributed by atoms with E-state index in [4.69, 9.17) is 0 Å². The van der Waals surface area contributed by atoms with Crippen LogP contribution in [0, 0.1) is 11.3 Å².